The summed E-state index contributed by atoms with van der Waals surface area (Å²) >= 11 is 3.20. The molecule has 0 unspecified atom stereocenters. The van der Waals surface area contributed by atoms with E-state index in [4.69, 9.17) is 14.9 Å². The summed E-state index contributed by atoms with van der Waals surface area (Å²) in [5.41, 5.74) is -0.312. The lowest BCUT2D eigenvalue weighted by atomic mass is 10.2. The van der Waals surface area contributed by atoms with Crippen LogP contribution in [0.5, 0.6) is 5.75 Å². The van der Waals surface area contributed by atoms with Gasteiger partial charge in [-0.15, -0.1) is 0 Å². The Morgan fingerprint density at radius 2 is 1.94 bits per heavy atom. The van der Waals surface area contributed by atoms with Crippen molar-refractivity contribution in [1.82, 2.24) is 0 Å². The lowest BCUT2D eigenvalue weighted by Crippen LogP contribution is -2.21. The van der Waals surface area contributed by atoms with Crippen molar-refractivity contribution in [3.63, 3.8) is 0 Å². The summed E-state index contributed by atoms with van der Waals surface area (Å²) in [5.74, 6) is -0.663. The van der Waals surface area contributed by atoms with Gasteiger partial charge in [-0.25, -0.2) is 4.79 Å². The van der Waals surface area contributed by atoms with Gasteiger partial charge in [-0.1, -0.05) is 15.9 Å². The minimum Gasteiger partial charge on any atom is -0.478 e. The minimum atomic E-state index is -1.01. The maximum absolute atomic E-state index is 10.8. The molecule has 0 amide bonds. The summed E-state index contributed by atoms with van der Waals surface area (Å²) in [5, 5.41) is 8.84. The fourth-order valence-electron chi connectivity index (χ4n) is 0.907. The Bertz CT molecular complexity index is 395. The quantitative estimate of drug-likeness (QED) is 0.685. The number of hydrogen-bond donors (Lipinski definition) is 1. The van der Waals surface area contributed by atoms with E-state index in [9.17, 15) is 4.79 Å². The van der Waals surface area contributed by atoms with Gasteiger partial charge >= 0.3 is 5.97 Å². The van der Waals surface area contributed by atoms with Crippen LogP contribution in [0.25, 0.3) is 0 Å². The number of halogens is 1. The highest BCUT2D eigenvalue weighted by molar-refractivity contribution is 9.10. The number of rotatable bonds is 3. The first-order valence-corrected chi connectivity index (χ1v) is 5.47. The number of benzene rings is 1. The third-order valence-corrected chi connectivity index (χ3v) is 1.96. The van der Waals surface area contributed by atoms with Crippen LogP contribution in [-0.4, -0.2) is 16.7 Å². The van der Waals surface area contributed by atoms with Gasteiger partial charge in [0, 0.05) is 4.47 Å². The molecule has 1 N–H and O–H groups in total. The Morgan fingerprint density at radius 1 is 1.31 bits per heavy atom. The van der Waals surface area contributed by atoms with Gasteiger partial charge in [0.15, 0.2) is 5.75 Å². The number of carboxylic acids is 1. The van der Waals surface area contributed by atoms with Crippen molar-refractivity contribution in [1.29, 1.82) is 0 Å². The molecule has 16 heavy (non-hydrogen) atoms. The van der Waals surface area contributed by atoms with Gasteiger partial charge in [0.05, 0.1) is 5.56 Å². The zero-order valence-corrected chi connectivity index (χ0v) is 10.9. The average Bonchev–Trinajstić information content (AvgIpc) is 2.13. The second-order valence-corrected chi connectivity index (χ2v) is 5.18. The SMILES string of the molecule is CC(C)(C)OOc1cc(Br)cc(C(=O)O)c1. The Balaban J connectivity index is 2.85. The largest absolute Gasteiger partial charge is 0.478 e. The first-order valence-electron chi connectivity index (χ1n) is 4.67. The lowest BCUT2D eigenvalue weighted by molar-refractivity contribution is -0.274. The van der Waals surface area contributed by atoms with Crippen LogP contribution in [0.1, 0.15) is 31.1 Å². The van der Waals surface area contributed by atoms with Crippen LogP contribution in [0.4, 0.5) is 0 Å². The Kier molecular flexibility index (Phi) is 3.93. The highest BCUT2D eigenvalue weighted by atomic mass is 79.9. The minimum absolute atomic E-state index is 0.141. The third-order valence-electron chi connectivity index (χ3n) is 1.51. The Morgan fingerprint density at radius 3 is 2.44 bits per heavy atom. The molecule has 0 aliphatic rings. The van der Waals surface area contributed by atoms with Crippen molar-refractivity contribution in [3.8, 4) is 5.75 Å². The van der Waals surface area contributed by atoms with Crippen LogP contribution in [0.15, 0.2) is 22.7 Å². The molecule has 1 rings (SSSR count). The van der Waals surface area contributed by atoms with E-state index in [1.54, 1.807) is 6.07 Å². The predicted octanol–water partition coefficient (Wildman–Crippen LogP) is 3.26. The van der Waals surface area contributed by atoms with Crippen LogP contribution in [0, 0.1) is 0 Å². The highest BCUT2D eigenvalue weighted by Gasteiger charge is 2.14. The van der Waals surface area contributed by atoms with E-state index in [1.807, 2.05) is 20.8 Å². The predicted molar refractivity (Wildman–Crippen MR) is 62.6 cm³/mol. The van der Waals surface area contributed by atoms with Crippen molar-refractivity contribution in [2.45, 2.75) is 26.4 Å². The van der Waals surface area contributed by atoms with E-state index >= 15 is 0 Å². The maximum Gasteiger partial charge on any atom is 0.335 e. The molecule has 4 nitrogen and oxygen atoms in total. The van der Waals surface area contributed by atoms with Gasteiger partial charge in [0.2, 0.25) is 0 Å². The second kappa shape index (κ2) is 4.84. The molecule has 0 fully saturated rings. The van der Waals surface area contributed by atoms with E-state index in [1.165, 1.54) is 12.1 Å². The molecule has 1 aromatic carbocycles. The van der Waals surface area contributed by atoms with Crippen LogP contribution < -0.4 is 4.89 Å². The molecule has 88 valence electrons. The number of carbonyl (C=O) groups is 1. The second-order valence-electron chi connectivity index (χ2n) is 4.26. The van der Waals surface area contributed by atoms with Gasteiger partial charge in [-0.2, -0.15) is 4.89 Å². The molecule has 0 saturated carbocycles. The molecule has 0 aromatic heterocycles. The zero-order chi connectivity index (χ0) is 12.3. The molecular formula is C11H13BrO4. The van der Waals surface area contributed by atoms with Crippen LogP contribution in [0.2, 0.25) is 0 Å². The first-order chi connectivity index (χ1) is 7.28. The van der Waals surface area contributed by atoms with Gasteiger partial charge in [0.1, 0.15) is 5.60 Å². The van der Waals surface area contributed by atoms with Gasteiger partial charge in [-0.05, 0) is 39.0 Å². The molecule has 0 radical (unpaired) electrons. The number of carboxylic acid groups (broad SMARTS) is 1. The molecule has 0 aliphatic heterocycles. The lowest BCUT2D eigenvalue weighted by Gasteiger charge is -2.17. The van der Waals surface area contributed by atoms with Crippen molar-refractivity contribution >= 4 is 21.9 Å². The molecule has 5 heteroatoms. The summed E-state index contributed by atoms with van der Waals surface area (Å²) in [7, 11) is 0. The molecule has 1 aromatic rings. The zero-order valence-electron chi connectivity index (χ0n) is 9.28. The fraction of sp³-hybridized carbons (Fsp3) is 0.364. The van der Waals surface area contributed by atoms with Crippen LogP contribution in [0.3, 0.4) is 0 Å². The molecule has 0 saturated heterocycles. The van der Waals surface area contributed by atoms with E-state index in [0.29, 0.717) is 10.2 Å². The van der Waals surface area contributed by atoms with Gasteiger partial charge in [-0.3, -0.25) is 0 Å². The number of aromatic carboxylic acids is 1. The fourth-order valence-corrected chi connectivity index (χ4v) is 1.38. The van der Waals surface area contributed by atoms with E-state index in [0.717, 1.165) is 0 Å². The number of hydrogen-bond acceptors (Lipinski definition) is 3. The van der Waals surface area contributed by atoms with Gasteiger partial charge in [0.25, 0.3) is 0 Å². The summed E-state index contributed by atoms with van der Waals surface area (Å²) in [6.07, 6.45) is 0. The topological polar surface area (TPSA) is 55.8 Å². The average molecular weight is 289 g/mol. The molecule has 0 bridgehead atoms. The molecule has 0 heterocycles. The Labute approximate surface area is 102 Å². The highest BCUT2D eigenvalue weighted by Crippen LogP contribution is 2.23. The Hall–Kier alpha value is -1.07. The molecule has 0 aliphatic carbocycles. The third kappa shape index (κ3) is 4.20. The summed E-state index contributed by atoms with van der Waals surface area (Å²) in [6.45, 7) is 5.51. The normalized spacial score (nSPS) is 11.2. The molecular weight excluding hydrogens is 276 g/mol. The molecule has 0 spiro atoms. The summed E-state index contributed by atoms with van der Waals surface area (Å²) in [6, 6.07) is 4.53. The van der Waals surface area contributed by atoms with E-state index < -0.39 is 11.6 Å². The van der Waals surface area contributed by atoms with E-state index in [-0.39, 0.29) is 5.56 Å². The van der Waals surface area contributed by atoms with E-state index in [2.05, 4.69) is 15.9 Å². The van der Waals surface area contributed by atoms with Crippen molar-refractivity contribution in [2.75, 3.05) is 0 Å². The van der Waals surface area contributed by atoms with Crippen LogP contribution in [-0.2, 0) is 4.89 Å². The summed E-state index contributed by atoms with van der Waals surface area (Å²) in [4.78, 5) is 20.9. The van der Waals surface area contributed by atoms with Crippen molar-refractivity contribution in [3.05, 3.63) is 28.2 Å². The van der Waals surface area contributed by atoms with Crippen molar-refractivity contribution in [2.24, 2.45) is 0 Å². The maximum atomic E-state index is 10.8. The standard InChI is InChI=1S/C11H13BrO4/c1-11(2,3)16-15-9-5-7(10(13)14)4-8(12)6-9/h4-6H,1-3H3,(H,13,14). The molecule has 0 atom stereocenters. The monoisotopic (exact) mass is 288 g/mol. The van der Waals surface area contributed by atoms with Gasteiger partial charge < -0.3 is 9.99 Å². The smallest absolute Gasteiger partial charge is 0.335 e. The van der Waals surface area contributed by atoms with Crippen molar-refractivity contribution < 1.29 is 19.7 Å². The summed E-state index contributed by atoms with van der Waals surface area (Å²) < 4.78 is 0.625. The first kappa shape index (κ1) is 13.0. The van der Waals surface area contributed by atoms with Crippen LogP contribution >= 0.6 is 15.9 Å².